The molecule has 0 aliphatic rings. The fourth-order valence-electron chi connectivity index (χ4n) is 2.43. The van der Waals surface area contributed by atoms with E-state index in [-0.39, 0.29) is 6.04 Å². The standard InChI is InChI=1S/C15H25ClN2/c1-5-12(6-2)18(4)15-9-7-8-14(16)13(15)10-11(3)17/h7-9,11-12H,5-6,10,17H2,1-4H3. The largest absolute Gasteiger partial charge is 0.371 e. The Morgan fingerprint density at radius 3 is 2.39 bits per heavy atom. The smallest absolute Gasteiger partial charge is 0.0459 e. The van der Waals surface area contributed by atoms with Gasteiger partial charge in [-0.1, -0.05) is 31.5 Å². The summed E-state index contributed by atoms with van der Waals surface area (Å²) < 4.78 is 0. The topological polar surface area (TPSA) is 29.3 Å². The van der Waals surface area contributed by atoms with Gasteiger partial charge in [0.25, 0.3) is 0 Å². The molecule has 3 heteroatoms. The van der Waals surface area contributed by atoms with Gasteiger partial charge in [0.2, 0.25) is 0 Å². The third-order valence-electron chi connectivity index (χ3n) is 3.49. The van der Waals surface area contributed by atoms with Crippen LogP contribution in [0.1, 0.15) is 39.2 Å². The maximum atomic E-state index is 6.33. The average molecular weight is 269 g/mol. The van der Waals surface area contributed by atoms with Crippen LogP contribution >= 0.6 is 11.6 Å². The third-order valence-corrected chi connectivity index (χ3v) is 3.84. The molecule has 0 heterocycles. The van der Waals surface area contributed by atoms with Crippen LogP contribution in [0.25, 0.3) is 0 Å². The molecule has 1 atom stereocenters. The zero-order chi connectivity index (χ0) is 13.7. The normalized spacial score (nSPS) is 12.8. The highest BCUT2D eigenvalue weighted by Gasteiger charge is 2.17. The fourth-order valence-corrected chi connectivity index (χ4v) is 2.68. The first-order chi connectivity index (χ1) is 8.51. The molecule has 2 nitrogen and oxygen atoms in total. The van der Waals surface area contributed by atoms with Crippen molar-refractivity contribution in [1.82, 2.24) is 0 Å². The molecule has 1 aromatic carbocycles. The van der Waals surface area contributed by atoms with Crippen LogP contribution in [-0.4, -0.2) is 19.1 Å². The van der Waals surface area contributed by atoms with Crippen LogP contribution < -0.4 is 10.6 Å². The second-order valence-corrected chi connectivity index (χ2v) is 5.41. The van der Waals surface area contributed by atoms with Crippen molar-refractivity contribution in [3.05, 3.63) is 28.8 Å². The first kappa shape index (κ1) is 15.3. The molecule has 0 bridgehead atoms. The van der Waals surface area contributed by atoms with Crippen molar-refractivity contribution in [2.24, 2.45) is 5.73 Å². The fraction of sp³-hybridized carbons (Fsp3) is 0.600. The maximum absolute atomic E-state index is 6.33. The van der Waals surface area contributed by atoms with Gasteiger partial charge in [-0.25, -0.2) is 0 Å². The molecule has 0 amide bonds. The molecule has 0 spiro atoms. The minimum Gasteiger partial charge on any atom is -0.371 e. The number of nitrogens with two attached hydrogens (primary N) is 1. The summed E-state index contributed by atoms with van der Waals surface area (Å²) in [6, 6.07) is 6.78. The quantitative estimate of drug-likeness (QED) is 0.849. The second-order valence-electron chi connectivity index (χ2n) is 5.00. The van der Waals surface area contributed by atoms with Crippen molar-refractivity contribution in [2.75, 3.05) is 11.9 Å². The Labute approximate surface area is 116 Å². The van der Waals surface area contributed by atoms with Crippen molar-refractivity contribution in [3.8, 4) is 0 Å². The third kappa shape index (κ3) is 3.63. The Hall–Kier alpha value is -0.730. The Kier molecular flexibility index (Phi) is 5.97. The van der Waals surface area contributed by atoms with Crippen LogP contribution in [0.5, 0.6) is 0 Å². The summed E-state index contributed by atoms with van der Waals surface area (Å²) in [6.45, 7) is 6.46. The predicted octanol–water partition coefficient (Wildman–Crippen LogP) is 3.85. The zero-order valence-electron chi connectivity index (χ0n) is 11.9. The summed E-state index contributed by atoms with van der Waals surface area (Å²) in [7, 11) is 2.15. The number of anilines is 1. The zero-order valence-corrected chi connectivity index (χ0v) is 12.7. The SMILES string of the molecule is CCC(CC)N(C)c1cccc(Cl)c1CC(C)N. The highest BCUT2D eigenvalue weighted by molar-refractivity contribution is 6.31. The number of rotatable bonds is 6. The summed E-state index contributed by atoms with van der Waals surface area (Å²) in [5.74, 6) is 0. The Morgan fingerprint density at radius 1 is 1.28 bits per heavy atom. The monoisotopic (exact) mass is 268 g/mol. The molecule has 1 unspecified atom stereocenters. The molecule has 102 valence electrons. The minimum atomic E-state index is 0.124. The molecule has 0 fully saturated rings. The molecular weight excluding hydrogens is 244 g/mol. The second kappa shape index (κ2) is 7.01. The molecule has 2 N–H and O–H groups in total. The van der Waals surface area contributed by atoms with E-state index in [1.54, 1.807) is 0 Å². The van der Waals surface area contributed by atoms with E-state index < -0.39 is 0 Å². The Bertz CT molecular complexity index is 373. The van der Waals surface area contributed by atoms with E-state index in [4.69, 9.17) is 17.3 Å². The number of hydrogen-bond acceptors (Lipinski definition) is 2. The highest BCUT2D eigenvalue weighted by atomic mass is 35.5. The molecule has 0 saturated heterocycles. The summed E-state index contributed by atoms with van der Waals surface area (Å²) >= 11 is 6.33. The molecule has 0 aromatic heterocycles. The van der Waals surface area contributed by atoms with E-state index >= 15 is 0 Å². The van der Waals surface area contributed by atoms with E-state index in [1.165, 1.54) is 11.3 Å². The van der Waals surface area contributed by atoms with E-state index in [2.05, 4.69) is 31.9 Å². The van der Waals surface area contributed by atoms with Crippen molar-refractivity contribution in [3.63, 3.8) is 0 Å². The molecule has 0 aliphatic carbocycles. The molecule has 18 heavy (non-hydrogen) atoms. The summed E-state index contributed by atoms with van der Waals surface area (Å²) in [4.78, 5) is 2.34. The highest BCUT2D eigenvalue weighted by Crippen LogP contribution is 2.30. The summed E-state index contributed by atoms with van der Waals surface area (Å²) in [6.07, 6.45) is 3.09. The number of nitrogens with zero attached hydrogens (tertiary/aromatic N) is 1. The lowest BCUT2D eigenvalue weighted by atomic mass is 10.0. The van der Waals surface area contributed by atoms with Crippen LogP contribution in [0.4, 0.5) is 5.69 Å². The predicted molar refractivity (Wildman–Crippen MR) is 81.6 cm³/mol. The van der Waals surface area contributed by atoms with Gasteiger partial charge in [-0.05, 0) is 43.9 Å². The molecule has 0 saturated carbocycles. The van der Waals surface area contributed by atoms with Crippen LogP contribution in [0.2, 0.25) is 5.02 Å². The van der Waals surface area contributed by atoms with Crippen molar-refractivity contribution < 1.29 is 0 Å². The van der Waals surface area contributed by atoms with Gasteiger partial charge < -0.3 is 10.6 Å². The molecular formula is C15H25ClN2. The van der Waals surface area contributed by atoms with E-state index in [1.807, 2.05) is 19.1 Å². The van der Waals surface area contributed by atoms with Gasteiger partial charge in [-0.15, -0.1) is 0 Å². The summed E-state index contributed by atoms with van der Waals surface area (Å²) in [5, 5.41) is 0.822. The van der Waals surface area contributed by atoms with Crippen molar-refractivity contribution in [2.45, 2.75) is 52.1 Å². The number of benzene rings is 1. The first-order valence-corrected chi connectivity index (χ1v) is 7.14. The summed E-state index contributed by atoms with van der Waals surface area (Å²) in [5.41, 5.74) is 8.31. The van der Waals surface area contributed by atoms with E-state index in [9.17, 15) is 0 Å². The van der Waals surface area contributed by atoms with Gasteiger partial charge in [0.1, 0.15) is 0 Å². The number of hydrogen-bond donors (Lipinski definition) is 1. The number of halogens is 1. The van der Waals surface area contributed by atoms with Crippen LogP contribution in [0, 0.1) is 0 Å². The Morgan fingerprint density at radius 2 is 1.89 bits per heavy atom. The minimum absolute atomic E-state index is 0.124. The van der Waals surface area contributed by atoms with Gasteiger partial charge in [-0.3, -0.25) is 0 Å². The lowest BCUT2D eigenvalue weighted by Crippen LogP contribution is -2.32. The maximum Gasteiger partial charge on any atom is 0.0459 e. The van der Waals surface area contributed by atoms with Crippen LogP contribution in [-0.2, 0) is 6.42 Å². The lowest BCUT2D eigenvalue weighted by Gasteiger charge is -2.31. The van der Waals surface area contributed by atoms with Gasteiger partial charge >= 0.3 is 0 Å². The molecule has 0 radical (unpaired) electrons. The van der Waals surface area contributed by atoms with Gasteiger partial charge in [-0.2, -0.15) is 0 Å². The Balaban J connectivity index is 3.10. The van der Waals surface area contributed by atoms with Gasteiger partial charge in [0.05, 0.1) is 0 Å². The first-order valence-electron chi connectivity index (χ1n) is 6.77. The van der Waals surface area contributed by atoms with Gasteiger partial charge in [0.15, 0.2) is 0 Å². The molecule has 1 rings (SSSR count). The lowest BCUT2D eigenvalue weighted by molar-refractivity contribution is 0.588. The molecule has 0 aliphatic heterocycles. The average Bonchev–Trinajstić information content (AvgIpc) is 2.32. The van der Waals surface area contributed by atoms with Crippen molar-refractivity contribution in [1.29, 1.82) is 0 Å². The molecule has 1 aromatic rings. The van der Waals surface area contributed by atoms with Crippen molar-refractivity contribution >= 4 is 17.3 Å². The van der Waals surface area contributed by atoms with E-state index in [0.717, 1.165) is 24.3 Å². The van der Waals surface area contributed by atoms with Crippen LogP contribution in [0.3, 0.4) is 0 Å². The van der Waals surface area contributed by atoms with Gasteiger partial charge in [0, 0.05) is 29.8 Å². The van der Waals surface area contributed by atoms with Crippen LogP contribution in [0.15, 0.2) is 18.2 Å². The van der Waals surface area contributed by atoms with E-state index in [0.29, 0.717) is 6.04 Å².